The van der Waals surface area contributed by atoms with Gasteiger partial charge in [0, 0.05) is 18.1 Å². The Kier molecular flexibility index (Phi) is 7.59. The monoisotopic (exact) mass is 440 g/mol. The molecule has 0 saturated carbocycles. The fourth-order valence-corrected chi connectivity index (χ4v) is 2.80. The van der Waals surface area contributed by atoms with Crippen LogP contribution in [0.25, 0.3) is 10.3 Å². The van der Waals surface area contributed by atoms with Gasteiger partial charge >= 0.3 is 5.97 Å². The van der Waals surface area contributed by atoms with E-state index in [-0.39, 0.29) is 42.9 Å². The van der Waals surface area contributed by atoms with Crippen LogP contribution in [0.15, 0.2) is 23.0 Å². The molecule has 0 fully saturated rings. The Morgan fingerprint density at radius 3 is 2.90 bits per heavy atom. The van der Waals surface area contributed by atoms with Crippen molar-refractivity contribution in [1.82, 2.24) is 19.6 Å². The van der Waals surface area contributed by atoms with Gasteiger partial charge in [0.25, 0.3) is 11.5 Å². The third kappa shape index (κ3) is 5.25. The number of nitrogens with two attached hydrogens (primary N) is 1. The minimum atomic E-state index is -0.662. The van der Waals surface area contributed by atoms with Crippen LogP contribution in [0, 0.1) is 0 Å². The predicted octanol–water partition coefficient (Wildman–Crippen LogP) is 0.849. The van der Waals surface area contributed by atoms with E-state index in [2.05, 4.69) is 24.9 Å². The van der Waals surface area contributed by atoms with Gasteiger partial charge in [-0.1, -0.05) is 10.6 Å². The Labute approximate surface area is 174 Å². The van der Waals surface area contributed by atoms with E-state index in [1.54, 1.807) is 6.92 Å². The number of H-pyrrole nitrogens is 1. The largest absolute Gasteiger partial charge is 0.482 e. The van der Waals surface area contributed by atoms with Gasteiger partial charge in [-0.2, -0.15) is 0 Å². The number of nitrogens with zero attached hydrogens (tertiary/aromatic N) is 3. The molecule has 2 aromatic heterocycles. The van der Waals surface area contributed by atoms with E-state index >= 15 is 0 Å². The second-order valence-corrected chi connectivity index (χ2v) is 6.17. The van der Waals surface area contributed by atoms with Gasteiger partial charge < -0.3 is 20.5 Å². The van der Waals surface area contributed by atoms with Crippen LogP contribution < -0.4 is 21.3 Å². The highest BCUT2D eigenvalue weighted by Crippen LogP contribution is 2.28. The van der Waals surface area contributed by atoms with Crippen LogP contribution in [-0.4, -0.2) is 44.6 Å². The first kappa shape index (κ1) is 22.2. The standard InChI is InChI=1S/C9H10N2O2.C7H6N4O3S.ClH/c10-4-6-1-2-8-7(3-6)11-9(12)5-13-8;1-2-14-7(13)4-8-5(12)3-6(9-4)15-11-10-3;/h1-3H,4-5,10H2,(H,11,12);2H2,1H3,(H,8,9,12);1H. The molecule has 1 aromatic carbocycles. The molecule has 4 N–H and O–H groups in total. The molecule has 4 rings (SSSR count). The zero-order valence-corrected chi connectivity index (χ0v) is 16.8. The number of hydrogen-bond acceptors (Lipinski definition) is 10. The van der Waals surface area contributed by atoms with Gasteiger partial charge in [-0.25, -0.2) is 9.78 Å². The number of ether oxygens (including phenoxy) is 2. The number of aromatic amines is 1. The van der Waals surface area contributed by atoms with Crippen LogP contribution in [0.2, 0.25) is 0 Å². The molecule has 154 valence electrons. The van der Waals surface area contributed by atoms with Crippen molar-refractivity contribution in [1.29, 1.82) is 0 Å². The molecule has 1 aliphatic heterocycles. The lowest BCUT2D eigenvalue weighted by atomic mass is 10.1. The lowest BCUT2D eigenvalue weighted by Gasteiger charge is -2.18. The number of amides is 1. The summed E-state index contributed by atoms with van der Waals surface area (Å²) in [5.41, 5.74) is 6.79. The topological polar surface area (TPSA) is 162 Å². The predicted molar refractivity (Wildman–Crippen MR) is 107 cm³/mol. The van der Waals surface area contributed by atoms with Crippen molar-refractivity contribution >= 4 is 51.9 Å². The molecule has 1 amide bonds. The van der Waals surface area contributed by atoms with Crippen molar-refractivity contribution in [3.63, 3.8) is 0 Å². The van der Waals surface area contributed by atoms with Crippen LogP contribution in [-0.2, 0) is 16.1 Å². The van der Waals surface area contributed by atoms with Gasteiger partial charge in [-0.3, -0.25) is 14.6 Å². The van der Waals surface area contributed by atoms with E-state index < -0.39 is 11.5 Å². The zero-order valence-electron chi connectivity index (χ0n) is 15.1. The average Bonchev–Trinajstić information content (AvgIpc) is 3.17. The van der Waals surface area contributed by atoms with Crippen LogP contribution in [0.4, 0.5) is 5.69 Å². The maximum Gasteiger partial charge on any atom is 0.374 e. The summed E-state index contributed by atoms with van der Waals surface area (Å²) >= 11 is 0.951. The third-order valence-electron chi connectivity index (χ3n) is 3.51. The summed E-state index contributed by atoms with van der Waals surface area (Å²) in [4.78, 5) is 40.1. The van der Waals surface area contributed by atoms with E-state index in [1.807, 2.05) is 18.2 Å². The van der Waals surface area contributed by atoms with E-state index in [4.69, 9.17) is 15.2 Å². The summed E-state index contributed by atoms with van der Waals surface area (Å²) in [6.45, 7) is 2.45. The Bertz CT molecular complexity index is 1090. The molecular formula is C16H17ClN6O5S. The molecule has 0 atom stereocenters. The number of carbonyl (C=O) groups is 2. The zero-order chi connectivity index (χ0) is 20.1. The number of aromatic nitrogens is 4. The Morgan fingerprint density at radius 1 is 1.38 bits per heavy atom. The summed E-state index contributed by atoms with van der Waals surface area (Å²) in [5, 5.41) is 6.29. The molecule has 0 radical (unpaired) electrons. The molecule has 3 heterocycles. The van der Waals surface area contributed by atoms with E-state index in [9.17, 15) is 14.4 Å². The van der Waals surface area contributed by atoms with Gasteiger partial charge in [-0.15, -0.1) is 17.5 Å². The van der Waals surface area contributed by atoms with Crippen molar-refractivity contribution in [3.05, 3.63) is 39.9 Å². The Balaban J connectivity index is 0.000000202. The van der Waals surface area contributed by atoms with Gasteiger partial charge in [0.15, 0.2) is 17.0 Å². The van der Waals surface area contributed by atoms with Crippen LogP contribution in [0.1, 0.15) is 23.1 Å². The average molecular weight is 441 g/mol. The van der Waals surface area contributed by atoms with Gasteiger partial charge in [0.2, 0.25) is 5.82 Å². The number of anilines is 1. The summed E-state index contributed by atoms with van der Waals surface area (Å²) in [6.07, 6.45) is 0. The summed E-state index contributed by atoms with van der Waals surface area (Å²) in [6, 6.07) is 5.53. The minimum absolute atomic E-state index is 0. The fourth-order valence-electron chi connectivity index (χ4n) is 2.25. The Morgan fingerprint density at radius 2 is 2.17 bits per heavy atom. The Hall–Kier alpha value is -3.09. The second kappa shape index (κ2) is 9.91. The molecule has 0 saturated heterocycles. The van der Waals surface area contributed by atoms with Crippen molar-refractivity contribution in [2.45, 2.75) is 13.5 Å². The molecule has 0 spiro atoms. The first-order chi connectivity index (χ1) is 13.5. The summed E-state index contributed by atoms with van der Waals surface area (Å²) in [7, 11) is 0. The third-order valence-corrected chi connectivity index (χ3v) is 4.13. The number of nitrogens with one attached hydrogen (secondary N) is 2. The van der Waals surface area contributed by atoms with E-state index in [0.717, 1.165) is 17.1 Å². The second-order valence-electron chi connectivity index (χ2n) is 5.43. The molecule has 0 unspecified atom stereocenters. The first-order valence-corrected chi connectivity index (χ1v) is 8.94. The molecule has 0 aliphatic carbocycles. The van der Waals surface area contributed by atoms with Gasteiger partial charge in [0.05, 0.1) is 12.3 Å². The van der Waals surface area contributed by atoms with Gasteiger partial charge in [0.1, 0.15) is 5.75 Å². The smallest absolute Gasteiger partial charge is 0.374 e. The highest BCUT2D eigenvalue weighted by molar-refractivity contribution is 7.12. The highest BCUT2D eigenvalue weighted by Gasteiger charge is 2.15. The fraction of sp³-hybridized carbons (Fsp3) is 0.250. The van der Waals surface area contributed by atoms with Crippen LogP contribution in [0.5, 0.6) is 5.75 Å². The van der Waals surface area contributed by atoms with Crippen molar-refractivity contribution in [2.24, 2.45) is 5.73 Å². The van der Waals surface area contributed by atoms with Crippen molar-refractivity contribution in [3.8, 4) is 5.75 Å². The van der Waals surface area contributed by atoms with Crippen LogP contribution in [0.3, 0.4) is 0 Å². The SMILES string of the molecule is CCOC(=O)c1nc2snnc2c(=O)[nH]1.Cl.NCc1ccc2c(c1)NC(=O)CO2. The number of benzene rings is 1. The molecule has 1 aliphatic rings. The normalized spacial score (nSPS) is 11.9. The van der Waals surface area contributed by atoms with E-state index in [1.165, 1.54) is 0 Å². The molecule has 11 nitrogen and oxygen atoms in total. The molecule has 13 heteroatoms. The molecule has 0 bridgehead atoms. The number of hydrogen-bond donors (Lipinski definition) is 3. The number of rotatable bonds is 3. The highest BCUT2D eigenvalue weighted by atomic mass is 35.5. The maximum absolute atomic E-state index is 11.4. The van der Waals surface area contributed by atoms with E-state index in [0.29, 0.717) is 22.8 Å². The molecule has 3 aromatic rings. The van der Waals surface area contributed by atoms with Crippen molar-refractivity contribution < 1.29 is 19.1 Å². The lowest BCUT2D eigenvalue weighted by molar-refractivity contribution is -0.118. The van der Waals surface area contributed by atoms with Crippen molar-refractivity contribution in [2.75, 3.05) is 18.5 Å². The molecule has 29 heavy (non-hydrogen) atoms. The minimum Gasteiger partial charge on any atom is -0.482 e. The van der Waals surface area contributed by atoms with Crippen LogP contribution >= 0.6 is 23.9 Å². The lowest BCUT2D eigenvalue weighted by Crippen LogP contribution is -2.25. The number of fused-ring (bicyclic) bond motifs is 2. The maximum atomic E-state index is 11.4. The number of halogens is 1. The van der Waals surface area contributed by atoms with Gasteiger partial charge in [-0.05, 0) is 24.6 Å². The summed E-state index contributed by atoms with van der Waals surface area (Å²) in [5.74, 6) is -0.205. The molecular weight excluding hydrogens is 424 g/mol. The number of carbonyl (C=O) groups excluding carboxylic acids is 2. The quantitative estimate of drug-likeness (QED) is 0.501. The number of esters is 1. The summed E-state index contributed by atoms with van der Waals surface area (Å²) < 4.78 is 13.4. The first-order valence-electron chi connectivity index (χ1n) is 8.17.